The summed E-state index contributed by atoms with van der Waals surface area (Å²) in [5.74, 6) is 1.36. The Morgan fingerprint density at radius 3 is 2.76 bits per heavy atom. The third-order valence-electron chi connectivity index (χ3n) is 4.50. The number of ether oxygens (including phenoxy) is 2. The maximum absolute atomic E-state index is 13.3. The third-order valence-corrected chi connectivity index (χ3v) is 4.50. The van der Waals surface area contributed by atoms with Crippen molar-refractivity contribution in [2.45, 2.75) is 12.8 Å². The fourth-order valence-electron chi connectivity index (χ4n) is 3.13. The van der Waals surface area contributed by atoms with Gasteiger partial charge in [0.1, 0.15) is 5.82 Å². The molecule has 1 fully saturated rings. The zero-order valence-electron chi connectivity index (χ0n) is 14.3. The summed E-state index contributed by atoms with van der Waals surface area (Å²) in [6.07, 6.45) is 1.81. The van der Waals surface area contributed by atoms with Crippen molar-refractivity contribution >= 4 is 5.91 Å². The van der Waals surface area contributed by atoms with Gasteiger partial charge in [-0.1, -0.05) is 18.2 Å². The molecule has 3 rings (SSSR count). The molecule has 0 aromatic heterocycles. The predicted octanol–water partition coefficient (Wildman–Crippen LogP) is 3.77. The van der Waals surface area contributed by atoms with Crippen molar-refractivity contribution in [3.63, 3.8) is 0 Å². The van der Waals surface area contributed by atoms with Gasteiger partial charge < -0.3 is 14.4 Å². The Labute approximate surface area is 147 Å². The van der Waals surface area contributed by atoms with Gasteiger partial charge in [-0.2, -0.15) is 0 Å². The van der Waals surface area contributed by atoms with Crippen molar-refractivity contribution in [1.82, 2.24) is 4.90 Å². The normalized spacial score (nSPS) is 16.7. The summed E-state index contributed by atoms with van der Waals surface area (Å²) in [6, 6.07) is 13.4. The summed E-state index contributed by atoms with van der Waals surface area (Å²) < 4.78 is 24.4. The van der Waals surface area contributed by atoms with Crippen LogP contribution in [0.5, 0.6) is 11.5 Å². The highest BCUT2D eigenvalue weighted by atomic mass is 19.1. The van der Waals surface area contributed by atoms with E-state index < -0.39 is 0 Å². The first-order valence-corrected chi connectivity index (χ1v) is 8.48. The molecule has 1 unspecified atom stereocenters. The predicted molar refractivity (Wildman–Crippen MR) is 93.5 cm³/mol. The summed E-state index contributed by atoms with van der Waals surface area (Å²) >= 11 is 0. The number of carbonyl (C=O) groups excluding carboxylic acids is 1. The standard InChI is InChI=1S/C20H22FNO3/c1-24-18-7-2-3-8-19(18)25-12-10-15-9-11-22(14-15)20(23)16-5-4-6-17(21)13-16/h2-8,13,15H,9-12,14H2,1H3. The molecule has 2 aromatic carbocycles. The van der Waals surface area contributed by atoms with E-state index in [9.17, 15) is 9.18 Å². The highest BCUT2D eigenvalue weighted by Gasteiger charge is 2.27. The number of carbonyl (C=O) groups is 1. The number of halogens is 1. The average molecular weight is 343 g/mol. The summed E-state index contributed by atoms with van der Waals surface area (Å²) in [5, 5.41) is 0. The largest absolute Gasteiger partial charge is 0.493 e. The second-order valence-electron chi connectivity index (χ2n) is 6.20. The monoisotopic (exact) mass is 343 g/mol. The molecule has 0 aliphatic carbocycles. The number of methoxy groups -OCH3 is 1. The van der Waals surface area contributed by atoms with Crippen LogP contribution < -0.4 is 9.47 Å². The molecule has 0 bridgehead atoms. The molecule has 1 atom stereocenters. The van der Waals surface area contributed by atoms with Gasteiger partial charge in [-0.25, -0.2) is 4.39 Å². The molecule has 0 N–H and O–H groups in total. The van der Waals surface area contributed by atoms with Crippen LogP contribution in [0.3, 0.4) is 0 Å². The van der Waals surface area contributed by atoms with Crippen LogP contribution in [-0.4, -0.2) is 37.6 Å². The van der Waals surface area contributed by atoms with Crippen LogP contribution in [0.2, 0.25) is 0 Å². The van der Waals surface area contributed by atoms with E-state index in [4.69, 9.17) is 9.47 Å². The van der Waals surface area contributed by atoms with E-state index >= 15 is 0 Å². The topological polar surface area (TPSA) is 38.8 Å². The first-order valence-electron chi connectivity index (χ1n) is 8.48. The molecule has 1 aliphatic rings. The van der Waals surface area contributed by atoms with Crippen molar-refractivity contribution in [1.29, 1.82) is 0 Å². The van der Waals surface area contributed by atoms with E-state index in [0.717, 1.165) is 24.3 Å². The minimum Gasteiger partial charge on any atom is -0.493 e. The summed E-state index contributed by atoms with van der Waals surface area (Å²) in [6.45, 7) is 1.96. The highest BCUT2D eigenvalue weighted by molar-refractivity contribution is 5.94. The van der Waals surface area contributed by atoms with Crippen LogP contribution >= 0.6 is 0 Å². The second kappa shape index (κ2) is 8.01. The van der Waals surface area contributed by atoms with Gasteiger partial charge >= 0.3 is 0 Å². The lowest BCUT2D eigenvalue weighted by molar-refractivity contribution is 0.0784. The lowest BCUT2D eigenvalue weighted by atomic mass is 10.1. The van der Waals surface area contributed by atoms with E-state index in [1.54, 1.807) is 24.1 Å². The van der Waals surface area contributed by atoms with Crippen molar-refractivity contribution < 1.29 is 18.7 Å². The van der Waals surface area contributed by atoms with Crippen LogP contribution in [0.25, 0.3) is 0 Å². The molecule has 4 nitrogen and oxygen atoms in total. The molecular weight excluding hydrogens is 321 g/mol. The molecule has 25 heavy (non-hydrogen) atoms. The first kappa shape index (κ1) is 17.3. The van der Waals surface area contributed by atoms with E-state index in [1.807, 2.05) is 24.3 Å². The fourth-order valence-corrected chi connectivity index (χ4v) is 3.13. The van der Waals surface area contributed by atoms with Gasteiger partial charge in [0.05, 0.1) is 13.7 Å². The Balaban J connectivity index is 1.49. The zero-order chi connectivity index (χ0) is 17.6. The van der Waals surface area contributed by atoms with Gasteiger partial charge in [-0.15, -0.1) is 0 Å². The summed E-state index contributed by atoms with van der Waals surface area (Å²) in [5.41, 5.74) is 0.408. The number of nitrogens with zero attached hydrogens (tertiary/aromatic N) is 1. The van der Waals surface area contributed by atoms with Gasteiger partial charge in [-0.3, -0.25) is 4.79 Å². The number of rotatable bonds is 6. The minimum absolute atomic E-state index is 0.104. The smallest absolute Gasteiger partial charge is 0.253 e. The molecule has 0 spiro atoms. The molecule has 1 heterocycles. The minimum atomic E-state index is -0.383. The van der Waals surface area contributed by atoms with Crippen LogP contribution in [0.15, 0.2) is 48.5 Å². The number of amides is 1. The van der Waals surface area contributed by atoms with E-state index in [1.165, 1.54) is 12.1 Å². The quantitative estimate of drug-likeness (QED) is 0.801. The fraction of sp³-hybridized carbons (Fsp3) is 0.350. The number of likely N-dealkylation sites (tertiary alicyclic amines) is 1. The number of hydrogen-bond acceptors (Lipinski definition) is 3. The first-order chi connectivity index (χ1) is 12.2. The molecule has 2 aromatic rings. The number of hydrogen-bond donors (Lipinski definition) is 0. The third kappa shape index (κ3) is 4.29. The van der Waals surface area contributed by atoms with Crippen LogP contribution in [0.4, 0.5) is 4.39 Å². The number of para-hydroxylation sites is 2. The molecule has 1 aliphatic heterocycles. The Kier molecular flexibility index (Phi) is 5.53. The van der Waals surface area contributed by atoms with E-state index in [2.05, 4.69) is 0 Å². The number of benzene rings is 2. The Morgan fingerprint density at radius 2 is 2.00 bits per heavy atom. The maximum atomic E-state index is 13.3. The van der Waals surface area contributed by atoms with Gasteiger partial charge in [-0.05, 0) is 49.1 Å². The molecular formula is C20H22FNO3. The van der Waals surface area contributed by atoms with Crippen molar-refractivity contribution in [2.75, 3.05) is 26.8 Å². The second-order valence-corrected chi connectivity index (χ2v) is 6.20. The SMILES string of the molecule is COc1ccccc1OCCC1CCN(C(=O)c2cccc(F)c2)C1. The Bertz CT molecular complexity index is 734. The lowest BCUT2D eigenvalue weighted by Gasteiger charge is -2.17. The van der Waals surface area contributed by atoms with Gasteiger partial charge in [0.15, 0.2) is 11.5 Å². The molecule has 5 heteroatoms. The Morgan fingerprint density at radius 1 is 1.20 bits per heavy atom. The highest BCUT2D eigenvalue weighted by Crippen LogP contribution is 2.27. The van der Waals surface area contributed by atoms with Crippen LogP contribution in [0, 0.1) is 11.7 Å². The van der Waals surface area contributed by atoms with E-state index in [0.29, 0.717) is 31.2 Å². The van der Waals surface area contributed by atoms with Crippen LogP contribution in [0.1, 0.15) is 23.2 Å². The average Bonchev–Trinajstić information content (AvgIpc) is 3.10. The van der Waals surface area contributed by atoms with Crippen molar-refractivity contribution in [3.05, 3.63) is 59.9 Å². The van der Waals surface area contributed by atoms with Gasteiger partial charge in [0.2, 0.25) is 0 Å². The molecule has 0 radical (unpaired) electrons. The Hall–Kier alpha value is -2.56. The summed E-state index contributed by atoms with van der Waals surface area (Å²) in [7, 11) is 1.62. The van der Waals surface area contributed by atoms with Crippen molar-refractivity contribution in [3.8, 4) is 11.5 Å². The summed E-state index contributed by atoms with van der Waals surface area (Å²) in [4.78, 5) is 14.2. The lowest BCUT2D eigenvalue weighted by Crippen LogP contribution is -2.28. The van der Waals surface area contributed by atoms with Crippen molar-refractivity contribution in [2.24, 2.45) is 5.92 Å². The van der Waals surface area contributed by atoms with Gasteiger partial charge in [0.25, 0.3) is 5.91 Å². The maximum Gasteiger partial charge on any atom is 0.253 e. The van der Waals surface area contributed by atoms with Gasteiger partial charge in [0, 0.05) is 18.7 Å². The molecule has 1 saturated heterocycles. The molecule has 132 valence electrons. The zero-order valence-corrected chi connectivity index (χ0v) is 14.3. The molecule has 0 saturated carbocycles. The van der Waals surface area contributed by atoms with Crippen LogP contribution in [-0.2, 0) is 0 Å². The molecule has 1 amide bonds. The van der Waals surface area contributed by atoms with E-state index in [-0.39, 0.29) is 11.7 Å².